The third-order valence-corrected chi connectivity index (χ3v) is 6.87. The van der Waals surface area contributed by atoms with Crippen LogP contribution in [0.4, 0.5) is 17.2 Å². The van der Waals surface area contributed by atoms with Gasteiger partial charge in [-0.3, -0.25) is 9.59 Å². The molecule has 0 aliphatic carbocycles. The minimum atomic E-state index is -0.150. The lowest BCUT2D eigenvalue weighted by Gasteiger charge is -2.29. The van der Waals surface area contributed by atoms with Gasteiger partial charge in [0.15, 0.2) is 11.6 Å². The summed E-state index contributed by atoms with van der Waals surface area (Å²) in [6.45, 7) is 9.43. The van der Waals surface area contributed by atoms with Crippen LogP contribution >= 0.6 is 0 Å². The van der Waals surface area contributed by atoms with E-state index in [0.29, 0.717) is 35.4 Å². The van der Waals surface area contributed by atoms with Crippen molar-refractivity contribution >= 4 is 34.4 Å². The summed E-state index contributed by atoms with van der Waals surface area (Å²) < 4.78 is 7.11. The molecule has 1 amide bonds. The quantitative estimate of drug-likeness (QED) is 0.343. The van der Waals surface area contributed by atoms with Crippen molar-refractivity contribution in [3.05, 3.63) is 82.8 Å². The molecule has 2 aromatic carbocycles. The summed E-state index contributed by atoms with van der Waals surface area (Å²) >= 11 is 0. The molecule has 1 aliphatic rings. The fourth-order valence-corrected chi connectivity index (χ4v) is 4.77. The number of ether oxygens (including phenoxy) is 1. The second-order valence-electron chi connectivity index (χ2n) is 9.45. The normalized spacial score (nSPS) is 13.5. The predicted octanol–water partition coefficient (Wildman–Crippen LogP) is 4.10. The average molecular weight is 513 g/mol. The van der Waals surface area contributed by atoms with Gasteiger partial charge in [-0.2, -0.15) is 5.10 Å². The highest BCUT2D eigenvalue weighted by Gasteiger charge is 2.19. The first-order valence-electron chi connectivity index (χ1n) is 12.9. The first-order chi connectivity index (χ1) is 18.4. The fourth-order valence-electron chi connectivity index (χ4n) is 4.77. The van der Waals surface area contributed by atoms with E-state index in [1.165, 1.54) is 6.33 Å². The summed E-state index contributed by atoms with van der Waals surface area (Å²) in [5, 5.41) is 10.5. The number of rotatable bonds is 8. The zero-order valence-electron chi connectivity index (χ0n) is 22.0. The molecule has 1 fully saturated rings. The molecule has 0 radical (unpaired) electrons. The zero-order valence-corrected chi connectivity index (χ0v) is 22.0. The van der Waals surface area contributed by atoms with E-state index in [4.69, 9.17) is 4.74 Å². The summed E-state index contributed by atoms with van der Waals surface area (Å²) in [5.41, 5.74) is 6.51. The summed E-state index contributed by atoms with van der Waals surface area (Å²) in [6, 6.07) is 13.8. The van der Waals surface area contributed by atoms with Crippen LogP contribution in [0.25, 0.3) is 5.52 Å². The molecule has 1 aliphatic heterocycles. The Morgan fingerprint density at radius 3 is 2.68 bits per heavy atom. The number of ketones is 1. The fraction of sp³-hybridized carbons (Fsp3) is 0.310. The van der Waals surface area contributed by atoms with Crippen LogP contribution < -0.4 is 15.5 Å². The Bertz CT molecular complexity index is 1490. The van der Waals surface area contributed by atoms with Crippen molar-refractivity contribution in [1.82, 2.24) is 19.9 Å². The maximum absolute atomic E-state index is 13.3. The van der Waals surface area contributed by atoms with Gasteiger partial charge >= 0.3 is 0 Å². The van der Waals surface area contributed by atoms with Crippen molar-refractivity contribution in [2.24, 2.45) is 0 Å². The van der Waals surface area contributed by atoms with Gasteiger partial charge in [-0.15, -0.1) is 0 Å². The molecule has 2 N–H and O–H groups in total. The maximum Gasteiger partial charge on any atom is 0.253 e. The van der Waals surface area contributed by atoms with E-state index < -0.39 is 0 Å². The molecule has 2 aromatic heterocycles. The summed E-state index contributed by atoms with van der Waals surface area (Å²) in [5.74, 6) is 0.458. The lowest BCUT2D eigenvalue weighted by atomic mass is 10.0. The van der Waals surface area contributed by atoms with Crippen LogP contribution in [0, 0.1) is 13.8 Å². The number of Topliss-reactive ketones (excluding diaryl/α,β-unsaturated/α-hetero) is 1. The van der Waals surface area contributed by atoms with Crippen LogP contribution in [0.5, 0.6) is 0 Å². The summed E-state index contributed by atoms with van der Waals surface area (Å²) in [4.78, 5) is 32.5. The van der Waals surface area contributed by atoms with E-state index in [-0.39, 0.29) is 11.7 Å². The lowest BCUT2D eigenvalue weighted by Crippen LogP contribution is -2.36. The van der Waals surface area contributed by atoms with E-state index >= 15 is 0 Å². The van der Waals surface area contributed by atoms with Gasteiger partial charge in [-0.05, 0) is 55.7 Å². The number of anilines is 3. The number of hydrogen-bond donors (Lipinski definition) is 2. The van der Waals surface area contributed by atoms with Crippen molar-refractivity contribution in [1.29, 1.82) is 0 Å². The molecule has 38 heavy (non-hydrogen) atoms. The molecule has 0 unspecified atom stereocenters. The standard InChI is InChI=1S/C29H32N6O3/c1-4-30-29(37)24-17-35-27(20(24)3)28(31-18-32-35)33-25-16-22(9-8-19(25)2)26(36)15-21-6-5-7-23(14-21)34-10-12-38-13-11-34/h5-9,14,16-18H,4,10-13,15H2,1-3H3,(H,30,37)(H,31,32,33). The van der Waals surface area contributed by atoms with E-state index in [1.807, 2.05) is 51.1 Å². The van der Waals surface area contributed by atoms with Crippen molar-refractivity contribution in [2.45, 2.75) is 27.2 Å². The Labute approximate surface area is 221 Å². The second kappa shape index (κ2) is 11.0. The van der Waals surface area contributed by atoms with E-state index in [0.717, 1.165) is 54.4 Å². The number of nitrogens with zero attached hydrogens (tertiary/aromatic N) is 4. The van der Waals surface area contributed by atoms with E-state index in [9.17, 15) is 9.59 Å². The molecule has 0 atom stereocenters. The number of carbonyl (C=O) groups excluding carboxylic acids is 2. The molecule has 0 bridgehead atoms. The minimum Gasteiger partial charge on any atom is -0.378 e. The lowest BCUT2D eigenvalue weighted by molar-refractivity contribution is 0.0953. The van der Waals surface area contributed by atoms with Gasteiger partial charge in [-0.25, -0.2) is 9.50 Å². The largest absolute Gasteiger partial charge is 0.378 e. The van der Waals surface area contributed by atoms with Gasteiger partial charge in [0.25, 0.3) is 5.91 Å². The van der Waals surface area contributed by atoms with Gasteiger partial charge in [0, 0.05) is 49.2 Å². The predicted molar refractivity (Wildman–Crippen MR) is 148 cm³/mol. The number of carbonyl (C=O) groups is 2. The molecule has 1 saturated heterocycles. The van der Waals surface area contributed by atoms with Gasteiger partial charge in [0.2, 0.25) is 0 Å². The number of benzene rings is 2. The Morgan fingerprint density at radius 1 is 1.08 bits per heavy atom. The van der Waals surface area contributed by atoms with E-state index in [2.05, 4.69) is 37.7 Å². The van der Waals surface area contributed by atoms with Gasteiger partial charge in [0.05, 0.1) is 18.8 Å². The maximum atomic E-state index is 13.3. The van der Waals surface area contributed by atoms with Crippen molar-refractivity contribution in [3.8, 4) is 0 Å². The van der Waals surface area contributed by atoms with Gasteiger partial charge in [0.1, 0.15) is 11.8 Å². The first-order valence-corrected chi connectivity index (χ1v) is 12.9. The Hall–Kier alpha value is -4.24. The topological polar surface area (TPSA) is 101 Å². The Kier molecular flexibility index (Phi) is 7.37. The molecule has 5 rings (SSSR count). The van der Waals surface area contributed by atoms with Gasteiger partial charge < -0.3 is 20.3 Å². The molecule has 196 valence electrons. The third kappa shape index (κ3) is 5.24. The third-order valence-electron chi connectivity index (χ3n) is 6.87. The monoisotopic (exact) mass is 512 g/mol. The number of morpholine rings is 1. The molecule has 9 nitrogen and oxygen atoms in total. The highest BCUT2D eigenvalue weighted by molar-refractivity contribution is 6.00. The van der Waals surface area contributed by atoms with E-state index in [1.54, 1.807) is 10.7 Å². The minimum absolute atomic E-state index is 0.0393. The molecule has 0 spiro atoms. The molecule has 4 aromatic rings. The molecule has 9 heteroatoms. The second-order valence-corrected chi connectivity index (χ2v) is 9.45. The number of aromatic nitrogens is 3. The van der Waals surface area contributed by atoms with Crippen LogP contribution in [0.15, 0.2) is 55.0 Å². The number of aryl methyl sites for hydroxylation is 2. The van der Waals surface area contributed by atoms with Crippen LogP contribution in [-0.2, 0) is 11.2 Å². The van der Waals surface area contributed by atoms with Crippen LogP contribution in [-0.4, -0.2) is 59.1 Å². The van der Waals surface area contributed by atoms with Crippen molar-refractivity contribution < 1.29 is 14.3 Å². The highest BCUT2D eigenvalue weighted by Crippen LogP contribution is 2.28. The smallest absolute Gasteiger partial charge is 0.253 e. The molecule has 0 saturated carbocycles. The molecular weight excluding hydrogens is 480 g/mol. The Morgan fingerprint density at radius 2 is 1.89 bits per heavy atom. The van der Waals surface area contributed by atoms with Crippen molar-refractivity contribution in [3.63, 3.8) is 0 Å². The van der Waals surface area contributed by atoms with Crippen LogP contribution in [0.2, 0.25) is 0 Å². The Balaban J connectivity index is 1.38. The summed E-state index contributed by atoms with van der Waals surface area (Å²) in [6.07, 6.45) is 3.47. The summed E-state index contributed by atoms with van der Waals surface area (Å²) in [7, 11) is 0. The molecule has 3 heterocycles. The average Bonchev–Trinajstić information content (AvgIpc) is 3.28. The number of amides is 1. The SMILES string of the molecule is CCNC(=O)c1cn2ncnc(Nc3cc(C(=O)Cc4cccc(N5CCOCC5)c4)ccc3C)c2c1C. The van der Waals surface area contributed by atoms with Gasteiger partial charge in [-0.1, -0.05) is 24.3 Å². The van der Waals surface area contributed by atoms with Crippen LogP contribution in [0.3, 0.4) is 0 Å². The number of hydrogen-bond acceptors (Lipinski definition) is 7. The van der Waals surface area contributed by atoms with Crippen molar-refractivity contribution in [2.75, 3.05) is 43.1 Å². The number of fused-ring (bicyclic) bond motifs is 1. The highest BCUT2D eigenvalue weighted by atomic mass is 16.5. The first kappa shape index (κ1) is 25.4. The molecular formula is C29H32N6O3. The van der Waals surface area contributed by atoms with Crippen LogP contribution in [0.1, 0.15) is 44.3 Å². The zero-order chi connectivity index (χ0) is 26.6. The number of nitrogens with one attached hydrogen (secondary N) is 2.